The lowest BCUT2D eigenvalue weighted by Gasteiger charge is -1.89. The third-order valence-corrected chi connectivity index (χ3v) is 2.21. The van der Waals surface area contributed by atoms with Gasteiger partial charge in [0.1, 0.15) is 0 Å². The van der Waals surface area contributed by atoms with E-state index in [1.807, 2.05) is 6.21 Å². The monoisotopic (exact) mass is 142 g/mol. The van der Waals surface area contributed by atoms with E-state index in [0.717, 1.165) is 17.2 Å². The highest BCUT2D eigenvalue weighted by Crippen LogP contribution is 2.25. The van der Waals surface area contributed by atoms with Crippen LogP contribution in [-0.4, -0.2) is 19.0 Å². The molecular formula is C6H10N2S. The Balaban J connectivity index is 2.66. The van der Waals surface area contributed by atoms with Gasteiger partial charge in [0, 0.05) is 24.6 Å². The van der Waals surface area contributed by atoms with Crippen molar-refractivity contribution in [3.8, 4) is 0 Å². The average Bonchev–Trinajstić information content (AvgIpc) is 2.18. The van der Waals surface area contributed by atoms with Crippen LogP contribution in [0.25, 0.3) is 0 Å². The Bertz CT molecular complexity index is 160. The molecule has 0 aromatic carbocycles. The Morgan fingerprint density at radius 2 is 2.56 bits per heavy atom. The lowest BCUT2D eigenvalue weighted by atomic mass is 10.2. The van der Waals surface area contributed by atoms with E-state index in [0.29, 0.717) is 0 Å². The van der Waals surface area contributed by atoms with Crippen LogP contribution in [0.15, 0.2) is 15.6 Å². The van der Waals surface area contributed by atoms with Gasteiger partial charge in [-0.15, -0.1) is 11.8 Å². The fraction of sp³-hybridized carbons (Fsp3) is 0.500. The zero-order valence-corrected chi connectivity index (χ0v) is 6.24. The summed E-state index contributed by atoms with van der Waals surface area (Å²) in [5.41, 5.74) is 6.81. The highest BCUT2D eigenvalue weighted by molar-refractivity contribution is 8.03. The van der Waals surface area contributed by atoms with Crippen molar-refractivity contribution in [2.75, 3.05) is 12.8 Å². The van der Waals surface area contributed by atoms with Crippen LogP contribution in [-0.2, 0) is 0 Å². The Kier molecular flexibility index (Phi) is 2.16. The third-order valence-electron chi connectivity index (χ3n) is 1.23. The number of hydrogen-bond acceptors (Lipinski definition) is 3. The zero-order chi connectivity index (χ0) is 6.69. The number of rotatable bonds is 1. The van der Waals surface area contributed by atoms with Crippen LogP contribution in [0.2, 0.25) is 0 Å². The molecule has 0 fully saturated rings. The maximum atomic E-state index is 5.62. The minimum atomic E-state index is 0.945. The highest BCUT2D eigenvalue weighted by Gasteiger charge is 2.08. The molecule has 0 saturated heterocycles. The predicted molar refractivity (Wildman–Crippen MR) is 42.7 cm³/mol. The van der Waals surface area contributed by atoms with Gasteiger partial charge in [-0.1, -0.05) is 0 Å². The molecule has 1 rings (SSSR count). The minimum absolute atomic E-state index is 0.945. The van der Waals surface area contributed by atoms with Gasteiger partial charge in [-0.2, -0.15) is 0 Å². The van der Waals surface area contributed by atoms with Crippen molar-refractivity contribution >= 4 is 18.0 Å². The number of nitrogens with two attached hydrogens (primary N) is 1. The molecule has 2 N–H and O–H groups in total. The topological polar surface area (TPSA) is 38.4 Å². The molecule has 50 valence electrons. The molecular weight excluding hydrogens is 132 g/mol. The quantitative estimate of drug-likeness (QED) is 0.554. The summed E-state index contributed by atoms with van der Waals surface area (Å²) in [6, 6.07) is 0. The molecule has 0 aromatic heterocycles. The van der Waals surface area contributed by atoms with Crippen LogP contribution in [0.1, 0.15) is 6.42 Å². The molecule has 0 amide bonds. The van der Waals surface area contributed by atoms with Gasteiger partial charge in [0.2, 0.25) is 0 Å². The van der Waals surface area contributed by atoms with Crippen molar-refractivity contribution in [2.45, 2.75) is 6.42 Å². The Morgan fingerprint density at radius 1 is 1.78 bits per heavy atom. The van der Waals surface area contributed by atoms with Crippen LogP contribution < -0.4 is 5.73 Å². The van der Waals surface area contributed by atoms with E-state index in [-0.39, 0.29) is 0 Å². The molecule has 1 heterocycles. The molecule has 3 heteroatoms. The molecule has 1 aliphatic rings. The first-order valence-corrected chi connectivity index (χ1v) is 3.86. The largest absolute Gasteiger partial charge is 0.393 e. The van der Waals surface area contributed by atoms with Gasteiger partial charge in [-0.3, -0.25) is 4.99 Å². The lowest BCUT2D eigenvalue weighted by molar-refractivity contribution is 1.21. The molecule has 0 aromatic rings. The van der Waals surface area contributed by atoms with Crippen molar-refractivity contribution in [2.24, 2.45) is 10.7 Å². The molecule has 0 unspecified atom stereocenters. The number of hydrogen-bond donors (Lipinski definition) is 1. The fourth-order valence-electron chi connectivity index (χ4n) is 0.771. The molecule has 2 nitrogen and oxygen atoms in total. The summed E-state index contributed by atoms with van der Waals surface area (Å²) in [7, 11) is 1.77. The van der Waals surface area contributed by atoms with E-state index >= 15 is 0 Å². The van der Waals surface area contributed by atoms with Gasteiger partial charge < -0.3 is 5.73 Å². The normalized spacial score (nSPS) is 20.1. The summed E-state index contributed by atoms with van der Waals surface area (Å²) in [4.78, 5) is 3.89. The summed E-state index contributed by atoms with van der Waals surface area (Å²) in [6.45, 7) is 0. The maximum Gasteiger partial charge on any atom is 0.0703 e. The van der Waals surface area contributed by atoms with Gasteiger partial charge in [-0.05, 0) is 6.42 Å². The molecule has 0 bridgehead atoms. The first kappa shape index (κ1) is 6.68. The van der Waals surface area contributed by atoms with Gasteiger partial charge in [0.15, 0.2) is 0 Å². The van der Waals surface area contributed by atoms with Gasteiger partial charge >= 0.3 is 0 Å². The third kappa shape index (κ3) is 1.48. The van der Waals surface area contributed by atoms with Gasteiger partial charge in [-0.25, -0.2) is 0 Å². The summed E-state index contributed by atoms with van der Waals surface area (Å²) in [5, 5.41) is 0.945. The van der Waals surface area contributed by atoms with Crippen molar-refractivity contribution in [3.05, 3.63) is 10.6 Å². The molecule has 0 spiro atoms. The zero-order valence-electron chi connectivity index (χ0n) is 5.42. The number of aliphatic imine (C=N–C) groups is 1. The minimum Gasteiger partial charge on any atom is -0.393 e. The molecule has 0 aliphatic carbocycles. The van der Waals surface area contributed by atoms with Crippen molar-refractivity contribution in [1.82, 2.24) is 0 Å². The maximum absolute atomic E-state index is 5.62. The van der Waals surface area contributed by atoms with Crippen molar-refractivity contribution in [3.63, 3.8) is 0 Å². The Hall–Kier alpha value is -0.440. The van der Waals surface area contributed by atoms with E-state index in [4.69, 9.17) is 5.73 Å². The highest BCUT2D eigenvalue weighted by atomic mass is 32.2. The second-order valence-corrected chi connectivity index (χ2v) is 3.01. The van der Waals surface area contributed by atoms with Crippen LogP contribution in [0.5, 0.6) is 0 Å². The smallest absolute Gasteiger partial charge is 0.0703 e. The standard InChI is InChI=1S/C6H10N2S/c1-8-4-5-2-3-9-6(5)7/h4H,2-3,7H2,1H3. The van der Waals surface area contributed by atoms with E-state index in [1.54, 1.807) is 18.8 Å². The van der Waals surface area contributed by atoms with E-state index in [2.05, 4.69) is 4.99 Å². The molecule has 0 atom stereocenters. The van der Waals surface area contributed by atoms with Gasteiger partial charge in [0.25, 0.3) is 0 Å². The van der Waals surface area contributed by atoms with E-state index < -0.39 is 0 Å². The number of thioether (sulfide) groups is 1. The first-order valence-electron chi connectivity index (χ1n) is 2.88. The van der Waals surface area contributed by atoms with Crippen LogP contribution >= 0.6 is 11.8 Å². The van der Waals surface area contributed by atoms with Gasteiger partial charge in [0.05, 0.1) is 5.03 Å². The second-order valence-electron chi connectivity index (χ2n) is 1.88. The fourth-order valence-corrected chi connectivity index (χ4v) is 1.65. The second kappa shape index (κ2) is 2.92. The predicted octanol–water partition coefficient (Wildman–Crippen LogP) is 0.994. The molecule has 0 radical (unpaired) electrons. The van der Waals surface area contributed by atoms with E-state index in [9.17, 15) is 0 Å². The SMILES string of the molecule is CN=CC1=C(N)SCC1. The van der Waals surface area contributed by atoms with Crippen LogP contribution in [0, 0.1) is 0 Å². The summed E-state index contributed by atoms with van der Waals surface area (Å²) < 4.78 is 0. The molecule has 1 aliphatic heterocycles. The van der Waals surface area contributed by atoms with E-state index in [1.165, 1.54) is 5.57 Å². The summed E-state index contributed by atoms with van der Waals surface area (Å²) >= 11 is 1.71. The first-order chi connectivity index (χ1) is 4.34. The van der Waals surface area contributed by atoms with Crippen molar-refractivity contribution in [1.29, 1.82) is 0 Å². The summed E-state index contributed by atoms with van der Waals surface area (Å²) in [5.74, 6) is 1.12. The average molecular weight is 142 g/mol. The number of nitrogens with zero attached hydrogens (tertiary/aromatic N) is 1. The number of allylic oxidation sites excluding steroid dienone is 1. The lowest BCUT2D eigenvalue weighted by Crippen LogP contribution is -1.93. The Labute approximate surface area is 59.2 Å². The van der Waals surface area contributed by atoms with Crippen LogP contribution in [0.3, 0.4) is 0 Å². The molecule has 0 saturated carbocycles. The van der Waals surface area contributed by atoms with Crippen LogP contribution in [0.4, 0.5) is 0 Å². The van der Waals surface area contributed by atoms with Crippen molar-refractivity contribution < 1.29 is 0 Å². The Morgan fingerprint density at radius 3 is 3.00 bits per heavy atom. The summed E-state index contributed by atoms with van der Waals surface area (Å²) in [6.07, 6.45) is 2.92. The molecule has 9 heavy (non-hydrogen) atoms.